The van der Waals surface area contributed by atoms with Gasteiger partial charge in [-0.3, -0.25) is 4.68 Å². The summed E-state index contributed by atoms with van der Waals surface area (Å²) in [5, 5.41) is 21.8. The molecule has 2 heterocycles. The summed E-state index contributed by atoms with van der Waals surface area (Å²) in [6, 6.07) is 11.3. The molecule has 176 valence electrons. The summed E-state index contributed by atoms with van der Waals surface area (Å²) >= 11 is 0. The van der Waals surface area contributed by atoms with Crippen LogP contribution in [-0.4, -0.2) is 40.6 Å². The van der Waals surface area contributed by atoms with Crippen LogP contribution in [-0.2, 0) is 20.2 Å². The number of aromatic nitrogens is 6. The zero-order valence-electron chi connectivity index (χ0n) is 19.7. The quantitative estimate of drug-likeness (QED) is 0.449. The van der Waals surface area contributed by atoms with Crippen LogP contribution in [0, 0.1) is 20.8 Å². The molecule has 34 heavy (non-hydrogen) atoms. The van der Waals surface area contributed by atoms with E-state index in [2.05, 4.69) is 15.5 Å². The number of carbonyl (C=O) groups is 1. The molecule has 0 aliphatic heterocycles. The van der Waals surface area contributed by atoms with Crippen molar-refractivity contribution in [1.82, 2.24) is 29.6 Å². The minimum Gasteiger partial charge on any atom is -0.489 e. The first-order valence-corrected chi connectivity index (χ1v) is 10.8. The number of rotatable bonds is 7. The second kappa shape index (κ2) is 8.97. The summed E-state index contributed by atoms with van der Waals surface area (Å²) in [6.45, 7) is 8.21. The Morgan fingerprint density at radius 3 is 2.44 bits per heavy atom. The monoisotopic (exact) mass is 462 g/mol. The van der Waals surface area contributed by atoms with E-state index in [9.17, 15) is 14.7 Å². The summed E-state index contributed by atoms with van der Waals surface area (Å²) in [7, 11) is 1.55. The van der Waals surface area contributed by atoms with Gasteiger partial charge in [-0.25, -0.2) is 9.59 Å². The van der Waals surface area contributed by atoms with Crippen LogP contribution in [0.25, 0.3) is 16.9 Å². The molecule has 1 N–H and O–H groups in total. The Morgan fingerprint density at radius 1 is 1.09 bits per heavy atom. The Labute approximate surface area is 196 Å². The number of ether oxygens (including phenoxy) is 1. The molecule has 0 unspecified atom stereocenters. The lowest BCUT2D eigenvalue weighted by molar-refractivity contribution is 0.0682. The first-order valence-electron chi connectivity index (χ1n) is 10.8. The summed E-state index contributed by atoms with van der Waals surface area (Å²) in [5.41, 5.74) is 5.24. The molecule has 0 aliphatic rings. The molecular formula is C24H26N6O4. The lowest BCUT2D eigenvalue weighted by atomic mass is 10.0. The first kappa shape index (κ1) is 23.0. The van der Waals surface area contributed by atoms with Crippen molar-refractivity contribution in [1.29, 1.82) is 0 Å². The van der Waals surface area contributed by atoms with Gasteiger partial charge in [-0.1, -0.05) is 12.1 Å². The summed E-state index contributed by atoms with van der Waals surface area (Å²) < 4.78 is 10.1. The fourth-order valence-corrected chi connectivity index (χ4v) is 3.97. The van der Waals surface area contributed by atoms with Gasteiger partial charge in [-0.15, -0.1) is 0 Å². The van der Waals surface area contributed by atoms with Crippen LogP contribution in [0.2, 0.25) is 0 Å². The molecule has 0 spiro atoms. The fourth-order valence-electron chi connectivity index (χ4n) is 3.97. The van der Waals surface area contributed by atoms with Gasteiger partial charge in [0.15, 0.2) is 0 Å². The van der Waals surface area contributed by atoms with Gasteiger partial charge >= 0.3 is 11.7 Å². The summed E-state index contributed by atoms with van der Waals surface area (Å²) in [4.78, 5) is 24.0. The molecule has 0 radical (unpaired) electrons. The molecular weight excluding hydrogens is 436 g/mol. The van der Waals surface area contributed by atoms with Crippen LogP contribution in [0.1, 0.15) is 39.7 Å². The van der Waals surface area contributed by atoms with Gasteiger partial charge in [0.1, 0.15) is 18.1 Å². The van der Waals surface area contributed by atoms with Gasteiger partial charge in [0.05, 0.1) is 11.4 Å². The van der Waals surface area contributed by atoms with E-state index < -0.39 is 5.97 Å². The van der Waals surface area contributed by atoms with E-state index in [1.807, 2.05) is 57.2 Å². The molecule has 0 bridgehead atoms. The fraction of sp³-hybridized carbons (Fsp3) is 0.292. The molecule has 0 atom stereocenters. The number of aromatic carboxylic acids is 1. The number of benzene rings is 2. The molecule has 0 fully saturated rings. The number of tetrazole rings is 1. The predicted molar refractivity (Wildman–Crippen MR) is 125 cm³/mol. The van der Waals surface area contributed by atoms with Crippen LogP contribution < -0.4 is 10.4 Å². The highest BCUT2D eigenvalue weighted by Gasteiger charge is 2.21. The Hall–Kier alpha value is -4.21. The Kier molecular flexibility index (Phi) is 6.06. The van der Waals surface area contributed by atoms with Crippen molar-refractivity contribution < 1.29 is 14.6 Å². The van der Waals surface area contributed by atoms with Crippen molar-refractivity contribution >= 4 is 5.97 Å². The van der Waals surface area contributed by atoms with Crippen molar-refractivity contribution in [2.24, 2.45) is 7.05 Å². The Bertz CT molecular complexity index is 1450. The lowest BCUT2D eigenvalue weighted by Gasteiger charge is -2.14. The first-order chi connectivity index (χ1) is 16.2. The van der Waals surface area contributed by atoms with E-state index in [0.717, 1.165) is 22.3 Å². The van der Waals surface area contributed by atoms with E-state index in [1.54, 1.807) is 14.0 Å². The average molecular weight is 463 g/mol. The SMILES string of the molecule is CCn1nc(-c2ccc(OCc3c(C)cccc3-n3nnn(C)c3=O)c(C)c2)c(C)c1C(=O)O. The smallest absolute Gasteiger partial charge is 0.368 e. The molecule has 0 amide bonds. The number of nitrogens with zero attached hydrogens (tertiary/aromatic N) is 6. The van der Waals surface area contributed by atoms with Crippen molar-refractivity contribution in [3.05, 3.63) is 74.8 Å². The number of hydrogen-bond donors (Lipinski definition) is 1. The second-order valence-electron chi connectivity index (χ2n) is 8.08. The standard InChI is InChI=1S/C24H26N6O4/c1-6-29-22(23(31)32)16(4)21(25-29)17-10-11-20(15(3)12-17)34-13-18-14(2)8-7-9-19(18)30-24(33)28(5)26-27-30/h7-12H,6,13H2,1-5H3,(H,31,32). The lowest BCUT2D eigenvalue weighted by Crippen LogP contribution is -2.23. The van der Waals surface area contributed by atoms with Gasteiger partial charge in [-0.05, 0) is 73.5 Å². The average Bonchev–Trinajstić information content (AvgIpc) is 3.32. The van der Waals surface area contributed by atoms with Gasteiger partial charge < -0.3 is 9.84 Å². The van der Waals surface area contributed by atoms with Gasteiger partial charge in [0, 0.05) is 30.3 Å². The van der Waals surface area contributed by atoms with E-state index in [1.165, 1.54) is 14.0 Å². The van der Waals surface area contributed by atoms with Crippen molar-refractivity contribution in [2.45, 2.75) is 40.8 Å². The molecule has 10 nitrogen and oxygen atoms in total. The molecule has 10 heteroatoms. The van der Waals surface area contributed by atoms with Gasteiger partial charge in [-0.2, -0.15) is 14.5 Å². The van der Waals surface area contributed by atoms with Crippen molar-refractivity contribution in [2.75, 3.05) is 0 Å². The van der Waals surface area contributed by atoms with E-state index in [4.69, 9.17) is 4.74 Å². The van der Waals surface area contributed by atoms with Gasteiger partial charge in [0.2, 0.25) is 0 Å². The third-order valence-electron chi connectivity index (χ3n) is 5.85. The zero-order valence-corrected chi connectivity index (χ0v) is 19.7. The van der Waals surface area contributed by atoms with Gasteiger partial charge in [0.25, 0.3) is 0 Å². The largest absolute Gasteiger partial charge is 0.489 e. The minimum absolute atomic E-state index is 0.196. The second-order valence-corrected chi connectivity index (χ2v) is 8.08. The van der Waals surface area contributed by atoms with E-state index in [0.29, 0.717) is 29.2 Å². The normalized spacial score (nSPS) is 11.1. The molecule has 4 aromatic rings. The van der Waals surface area contributed by atoms with Crippen LogP contribution in [0.4, 0.5) is 0 Å². The highest BCUT2D eigenvalue weighted by molar-refractivity contribution is 5.90. The summed E-state index contributed by atoms with van der Waals surface area (Å²) in [6.07, 6.45) is 0. The third-order valence-corrected chi connectivity index (χ3v) is 5.85. The van der Waals surface area contributed by atoms with E-state index in [-0.39, 0.29) is 18.0 Å². The van der Waals surface area contributed by atoms with Crippen molar-refractivity contribution in [3.63, 3.8) is 0 Å². The maximum absolute atomic E-state index is 12.4. The van der Waals surface area contributed by atoms with Crippen LogP contribution in [0.15, 0.2) is 41.2 Å². The maximum Gasteiger partial charge on any atom is 0.368 e. The molecule has 0 saturated heterocycles. The number of hydrogen-bond acceptors (Lipinski definition) is 6. The van der Waals surface area contributed by atoms with Crippen LogP contribution >= 0.6 is 0 Å². The molecule has 2 aromatic carbocycles. The molecule has 2 aromatic heterocycles. The minimum atomic E-state index is -0.994. The zero-order chi connectivity index (χ0) is 24.6. The molecule has 0 aliphatic carbocycles. The van der Waals surface area contributed by atoms with E-state index >= 15 is 0 Å². The highest BCUT2D eigenvalue weighted by Crippen LogP contribution is 2.30. The van der Waals surface area contributed by atoms with Crippen LogP contribution in [0.5, 0.6) is 5.75 Å². The molecule has 0 saturated carbocycles. The highest BCUT2D eigenvalue weighted by atomic mass is 16.5. The van der Waals surface area contributed by atoms with Crippen LogP contribution in [0.3, 0.4) is 0 Å². The topological polar surface area (TPSA) is 117 Å². The Morgan fingerprint density at radius 2 is 1.85 bits per heavy atom. The maximum atomic E-state index is 12.4. The third kappa shape index (κ3) is 3.98. The number of carboxylic acid groups (broad SMARTS) is 1. The number of carboxylic acids is 1. The van der Waals surface area contributed by atoms with Crippen molar-refractivity contribution in [3.8, 4) is 22.7 Å². The molecule has 4 rings (SSSR count). The number of aryl methyl sites for hydroxylation is 4. The Balaban J connectivity index is 1.63. The summed E-state index contributed by atoms with van der Waals surface area (Å²) in [5.74, 6) is -0.318. The predicted octanol–water partition coefficient (Wildman–Crippen LogP) is 3.05.